The number of imidazole rings is 1. The molecule has 1 heterocycles. The van der Waals surface area contributed by atoms with Gasteiger partial charge in [0.05, 0.1) is 5.69 Å². The molecule has 60 valence electrons. The fourth-order valence-corrected chi connectivity index (χ4v) is 0.972. The second-order valence-corrected chi connectivity index (χ2v) is 2.99. The fraction of sp³-hybridized carbons (Fsp3) is 0.444. The van der Waals surface area contributed by atoms with Crippen LogP contribution in [-0.2, 0) is 7.05 Å². The van der Waals surface area contributed by atoms with Crippen molar-refractivity contribution in [2.24, 2.45) is 7.05 Å². The molecule has 0 atom stereocenters. The van der Waals surface area contributed by atoms with Crippen LogP contribution in [0.4, 0.5) is 0 Å². The third-order valence-corrected chi connectivity index (χ3v) is 1.71. The highest BCUT2D eigenvalue weighted by Gasteiger charge is 2.04. The summed E-state index contributed by atoms with van der Waals surface area (Å²) in [5, 5.41) is 0. The normalized spacial score (nSPS) is 10.5. The zero-order chi connectivity index (χ0) is 8.43. The molecule has 11 heavy (non-hydrogen) atoms. The Hall–Kier alpha value is -1.05. The van der Waals surface area contributed by atoms with Crippen LogP contribution in [-0.4, -0.2) is 9.55 Å². The van der Waals surface area contributed by atoms with Gasteiger partial charge in [-0.15, -0.1) is 0 Å². The van der Waals surface area contributed by atoms with Crippen LogP contribution >= 0.6 is 0 Å². The highest BCUT2D eigenvalue weighted by atomic mass is 15.0. The minimum atomic E-state index is 0.495. The van der Waals surface area contributed by atoms with E-state index in [1.54, 1.807) is 6.08 Å². The second-order valence-electron chi connectivity index (χ2n) is 2.99. The fourth-order valence-electron chi connectivity index (χ4n) is 0.972. The minimum Gasteiger partial charge on any atom is -0.334 e. The summed E-state index contributed by atoms with van der Waals surface area (Å²) < 4.78 is 1.99. The van der Waals surface area contributed by atoms with Gasteiger partial charge in [0, 0.05) is 13.2 Å². The van der Waals surface area contributed by atoms with E-state index in [4.69, 9.17) is 0 Å². The Morgan fingerprint density at radius 1 is 1.64 bits per heavy atom. The van der Waals surface area contributed by atoms with Crippen LogP contribution < -0.4 is 0 Å². The lowest BCUT2D eigenvalue weighted by Gasteiger charge is -1.95. The van der Waals surface area contributed by atoms with Crippen molar-refractivity contribution in [3.8, 4) is 0 Å². The first-order valence-electron chi connectivity index (χ1n) is 3.81. The highest BCUT2D eigenvalue weighted by Crippen LogP contribution is 2.12. The van der Waals surface area contributed by atoms with Crippen molar-refractivity contribution in [3.63, 3.8) is 0 Å². The van der Waals surface area contributed by atoms with E-state index in [2.05, 4.69) is 25.4 Å². The molecule has 1 rings (SSSR count). The van der Waals surface area contributed by atoms with Crippen LogP contribution in [0.2, 0.25) is 0 Å². The number of hydrogen-bond donors (Lipinski definition) is 0. The van der Waals surface area contributed by atoms with Crippen molar-refractivity contribution in [2.45, 2.75) is 19.8 Å². The second kappa shape index (κ2) is 2.91. The predicted molar refractivity (Wildman–Crippen MR) is 47.4 cm³/mol. The van der Waals surface area contributed by atoms with Gasteiger partial charge in [-0.05, 0) is 12.0 Å². The standard InChI is InChI=1S/C9H14N2/c1-5-9-10-8(7(2)3)6-11(9)4/h5-7H,1H2,2-4H3. The zero-order valence-corrected chi connectivity index (χ0v) is 7.33. The average molecular weight is 150 g/mol. The van der Waals surface area contributed by atoms with Crippen molar-refractivity contribution >= 4 is 6.08 Å². The summed E-state index contributed by atoms with van der Waals surface area (Å²) in [7, 11) is 1.98. The molecular weight excluding hydrogens is 136 g/mol. The van der Waals surface area contributed by atoms with Crippen LogP contribution in [0, 0.1) is 0 Å². The lowest BCUT2D eigenvalue weighted by molar-refractivity contribution is 0.829. The molecule has 0 aromatic carbocycles. The summed E-state index contributed by atoms with van der Waals surface area (Å²) in [5.74, 6) is 1.43. The maximum Gasteiger partial charge on any atom is 0.132 e. The summed E-state index contributed by atoms with van der Waals surface area (Å²) in [6.07, 6.45) is 3.81. The van der Waals surface area contributed by atoms with Crippen LogP contribution in [0.5, 0.6) is 0 Å². The molecule has 0 spiro atoms. The Kier molecular flexibility index (Phi) is 2.13. The largest absolute Gasteiger partial charge is 0.334 e. The van der Waals surface area contributed by atoms with Gasteiger partial charge in [-0.25, -0.2) is 4.98 Å². The van der Waals surface area contributed by atoms with Gasteiger partial charge in [0.1, 0.15) is 5.82 Å². The molecule has 0 fully saturated rings. The van der Waals surface area contributed by atoms with E-state index in [9.17, 15) is 0 Å². The van der Waals surface area contributed by atoms with E-state index in [-0.39, 0.29) is 0 Å². The summed E-state index contributed by atoms with van der Waals surface area (Å²) >= 11 is 0. The van der Waals surface area contributed by atoms with E-state index < -0.39 is 0 Å². The number of nitrogens with zero attached hydrogens (tertiary/aromatic N) is 2. The Morgan fingerprint density at radius 3 is 2.55 bits per heavy atom. The molecule has 0 N–H and O–H groups in total. The lowest BCUT2D eigenvalue weighted by Crippen LogP contribution is -1.87. The Morgan fingerprint density at radius 2 is 2.27 bits per heavy atom. The molecule has 0 aliphatic carbocycles. The first kappa shape index (κ1) is 8.05. The molecule has 0 saturated heterocycles. The maximum absolute atomic E-state index is 4.37. The molecule has 0 saturated carbocycles. The Labute approximate surface area is 67.6 Å². The van der Waals surface area contributed by atoms with Crippen molar-refractivity contribution < 1.29 is 0 Å². The summed E-state index contributed by atoms with van der Waals surface area (Å²) in [5.41, 5.74) is 1.13. The van der Waals surface area contributed by atoms with Crippen LogP contribution in [0.1, 0.15) is 31.3 Å². The summed E-state index contributed by atoms with van der Waals surface area (Å²) in [6.45, 7) is 7.95. The van der Waals surface area contributed by atoms with Crippen molar-refractivity contribution in [3.05, 3.63) is 24.3 Å². The van der Waals surface area contributed by atoms with Gasteiger partial charge >= 0.3 is 0 Å². The van der Waals surface area contributed by atoms with Crippen LogP contribution in [0.3, 0.4) is 0 Å². The SMILES string of the molecule is C=Cc1nc(C(C)C)cn1C. The third-order valence-electron chi connectivity index (χ3n) is 1.71. The van der Waals surface area contributed by atoms with Gasteiger partial charge in [-0.3, -0.25) is 0 Å². The zero-order valence-electron chi connectivity index (χ0n) is 7.33. The molecule has 0 aliphatic heterocycles. The van der Waals surface area contributed by atoms with Gasteiger partial charge in [0.25, 0.3) is 0 Å². The van der Waals surface area contributed by atoms with E-state index >= 15 is 0 Å². The van der Waals surface area contributed by atoms with E-state index in [1.807, 2.05) is 17.8 Å². The molecule has 0 radical (unpaired) electrons. The van der Waals surface area contributed by atoms with E-state index in [1.165, 1.54) is 0 Å². The van der Waals surface area contributed by atoms with Gasteiger partial charge < -0.3 is 4.57 Å². The van der Waals surface area contributed by atoms with E-state index in [0.29, 0.717) is 5.92 Å². The summed E-state index contributed by atoms with van der Waals surface area (Å²) in [6, 6.07) is 0. The smallest absolute Gasteiger partial charge is 0.132 e. The predicted octanol–water partition coefficient (Wildman–Crippen LogP) is 2.19. The first-order chi connectivity index (χ1) is 5.15. The molecule has 0 amide bonds. The molecule has 0 bridgehead atoms. The molecule has 1 aromatic heterocycles. The molecule has 2 heteroatoms. The van der Waals surface area contributed by atoms with E-state index in [0.717, 1.165) is 11.5 Å². The van der Waals surface area contributed by atoms with Gasteiger partial charge in [0.2, 0.25) is 0 Å². The lowest BCUT2D eigenvalue weighted by atomic mass is 10.2. The minimum absolute atomic E-state index is 0.495. The molecule has 2 nitrogen and oxygen atoms in total. The van der Waals surface area contributed by atoms with Gasteiger partial charge in [-0.2, -0.15) is 0 Å². The number of hydrogen-bond acceptors (Lipinski definition) is 1. The Balaban J connectivity index is 3.04. The quantitative estimate of drug-likeness (QED) is 0.632. The van der Waals surface area contributed by atoms with Crippen LogP contribution in [0.15, 0.2) is 12.8 Å². The topological polar surface area (TPSA) is 17.8 Å². The number of aryl methyl sites for hydroxylation is 1. The summed E-state index contributed by atoms with van der Waals surface area (Å²) in [4.78, 5) is 4.37. The third kappa shape index (κ3) is 1.50. The van der Waals surface area contributed by atoms with Crippen molar-refractivity contribution in [1.29, 1.82) is 0 Å². The van der Waals surface area contributed by atoms with Crippen LogP contribution in [0.25, 0.3) is 6.08 Å². The number of aromatic nitrogens is 2. The average Bonchev–Trinajstić information content (AvgIpc) is 2.31. The molecule has 0 unspecified atom stereocenters. The number of rotatable bonds is 2. The molecule has 1 aromatic rings. The molecular formula is C9H14N2. The molecule has 0 aliphatic rings. The van der Waals surface area contributed by atoms with Crippen molar-refractivity contribution in [1.82, 2.24) is 9.55 Å². The maximum atomic E-state index is 4.37. The Bertz CT molecular complexity index is 259. The van der Waals surface area contributed by atoms with Crippen molar-refractivity contribution in [2.75, 3.05) is 0 Å². The van der Waals surface area contributed by atoms with Gasteiger partial charge in [0.15, 0.2) is 0 Å². The first-order valence-corrected chi connectivity index (χ1v) is 3.81. The highest BCUT2D eigenvalue weighted by molar-refractivity contribution is 5.37. The van der Waals surface area contributed by atoms with Gasteiger partial charge in [-0.1, -0.05) is 20.4 Å². The monoisotopic (exact) mass is 150 g/mol.